The number of carbonyl (C=O) groups excluding carboxylic acids is 1. The zero-order chi connectivity index (χ0) is 17.6. The minimum atomic E-state index is -0.000549. The SMILES string of the molecule is COc1ccc(NC(=O)[C@H](C)[NH+]2CCC([NH+]3CCCCC3)CC2)cc1. The Bertz CT molecular complexity index is 547. The van der Waals surface area contributed by atoms with Gasteiger partial charge in [-0.2, -0.15) is 0 Å². The lowest BCUT2D eigenvalue weighted by Crippen LogP contribution is -3.22. The van der Waals surface area contributed by atoms with Gasteiger partial charge >= 0.3 is 0 Å². The second-order valence-corrected chi connectivity index (χ2v) is 7.59. The highest BCUT2D eigenvalue weighted by Crippen LogP contribution is 2.15. The predicted octanol–water partition coefficient (Wildman–Crippen LogP) is 0.138. The summed E-state index contributed by atoms with van der Waals surface area (Å²) in [5.41, 5.74) is 0.838. The molecule has 1 atom stereocenters. The Kier molecular flexibility index (Phi) is 6.32. The van der Waals surface area contributed by atoms with Crippen LogP contribution in [-0.4, -0.2) is 51.3 Å². The van der Waals surface area contributed by atoms with Crippen molar-refractivity contribution in [1.29, 1.82) is 0 Å². The molecule has 0 aliphatic carbocycles. The number of hydrogen-bond acceptors (Lipinski definition) is 2. The lowest BCUT2D eigenvalue weighted by atomic mass is 9.99. The number of amides is 1. The summed E-state index contributed by atoms with van der Waals surface area (Å²) >= 11 is 0. The lowest BCUT2D eigenvalue weighted by Gasteiger charge is -2.37. The van der Waals surface area contributed by atoms with E-state index < -0.39 is 0 Å². The van der Waals surface area contributed by atoms with E-state index in [1.54, 1.807) is 7.11 Å². The number of piperidine rings is 2. The van der Waals surface area contributed by atoms with Crippen molar-refractivity contribution < 1.29 is 19.3 Å². The van der Waals surface area contributed by atoms with E-state index in [0.717, 1.165) is 30.6 Å². The van der Waals surface area contributed by atoms with Gasteiger partial charge in [0, 0.05) is 18.5 Å². The number of quaternary nitrogens is 2. The lowest BCUT2D eigenvalue weighted by molar-refractivity contribution is -0.965. The Balaban J connectivity index is 1.47. The average molecular weight is 348 g/mol. The molecule has 2 aliphatic heterocycles. The van der Waals surface area contributed by atoms with E-state index in [4.69, 9.17) is 4.74 Å². The summed E-state index contributed by atoms with van der Waals surface area (Å²) in [5.74, 6) is 0.919. The van der Waals surface area contributed by atoms with Gasteiger partial charge < -0.3 is 19.9 Å². The number of nitrogens with one attached hydrogen (secondary N) is 3. The van der Waals surface area contributed by atoms with Gasteiger partial charge in [0.05, 0.1) is 39.3 Å². The molecule has 0 unspecified atom stereocenters. The second kappa shape index (κ2) is 8.68. The van der Waals surface area contributed by atoms with Crippen molar-refractivity contribution in [2.75, 3.05) is 38.6 Å². The van der Waals surface area contributed by atoms with Crippen LogP contribution in [0.1, 0.15) is 39.0 Å². The van der Waals surface area contributed by atoms with Crippen LogP contribution in [0.5, 0.6) is 5.75 Å². The molecule has 2 aliphatic rings. The van der Waals surface area contributed by atoms with Gasteiger partial charge in [0.15, 0.2) is 6.04 Å². The topological polar surface area (TPSA) is 47.2 Å². The molecule has 2 heterocycles. The molecule has 138 valence electrons. The van der Waals surface area contributed by atoms with Crippen LogP contribution < -0.4 is 19.9 Å². The van der Waals surface area contributed by atoms with Gasteiger partial charge in [-0.3, -0.25) is 4.79 Å². The van der Waals surface area contributed by atoms with Crippen molar-refractivity contribution in [2.24, 2.45) is 0 Å². The quantitative estimate of drug-likeness (QED) is 0.710. The Morgan fingerprint density at radius 1 is 1.08 bits per heavy atom. The molecule has 0 aromatic heterocycles. The highest BCUT2D eigenvalue weighted by molar-refractivity contribution is 5.93. The van der Waals surface area contributed by atoms with E-state index >= 15 is 0 Å². The summed E-state index contributed by atoms with van der Waals surface area (Å²) in [5, 5.41) is 3.04. The number of anilines is 1. The van der Waals surface area contributed by atoms with E-state index in [1.165, 1.54) is 50.1 Å². The first-order valence-corrected chi connectivity index (χ1v) is 9.81. The Morgan fingerprint density at radius 3 is 2.32 bits per heavy atom. The largest absolute Gasteiger partial charge is 0.497 e. The fraction of sp³-hybridized carbons (Fsp3) is 0.650. The molecule has 0 bridgehead atoms. The van der Waals surface area contributed by atoms with Crippen LogP contribution in [0.25, 0.3) is 0 Å². The van der Waals surface area contributed by atoms with Gasteiger partial charge in [-0.05, 0) is 50.5 Å². The Morgan fingerprint density at radius 2 is 1.72 bits per heavy atom. The third-order valence-corrected chi connectivity index (χ3v) is 6.06. The molecule has 1 aromatic rings. The fourth-order valence-corrected chi connectivity index (χ4v) is 4.35. The number of ether oxygens (including phenoxy) is 1. The summed E-state index contributed by atoms with van der Waals surface area (Å²) in [7, 11) is 1.65. The summed E-state index contributed by atoms with van der Waals surface area (Å²) in [4.78, 5) is 15.8. The van der Waals surface area contributed by atoms with Crippen molar-refractivity contribution >= 4 is 11.6 Å². The number of benzene rings is 1. The Labute approximate surface area is 151 Å². The highest BCUT2D eigenvalue weighted by Gasteiger charge is 2.34. The second-order valence-electron chi connectivity index (χ2n) is 7.59. The number of hydrogen-bond donors (Lipinski definition) is 3. The van der Waals surface area contributed by atoms with E-state index in [1.807, 2.05) is 29.2 Å². The first-order chi connectivity index (χ1) is 12.2. The van der Waals surface area contributed by atoms with E-state index in [2.05, 4.69) is 12.2 Å². The summed E-state index contributed by atoms with van der Waals surface area (Å²) < 4.78 is 5.16. The number of rotatable bonds is 5. The zero-order valence-corrected chi connectivity index (χ0v) is 15.6. The molecule has 2 fully saturated rings. The van der Waals surface area contributed by atoms with Crippen LogP contribution in [0.4, 0.5) is 5.69 Å². The molecule has 3 N–H and O–H groups in total. The molecule has 2 saturated heterocycles. The number of methoxy groups -OCH3 is 1. The van der Waals surface area contributed by atoms with Gasteiger partial charge in [-0.1, -0.05) is 0 Å². The molecule has 1 amide bonds. The molecular formula is C20H33N3O2+2. The van der Waals surface area contributed by atoms with Crippen LogP contribution in [0.3, 0.4) is 0 Å². The maximum Gasteiger partial charge on any atom is 0.282 e. The van der Waals surface area contributed by atoms with Crippen LogP contribution >= 0.6 is 0 Å². The fourth-order valence-electron chi connectivity index (χ4n) is 4.35. The van der Waals surface area contributed by atoms with Gasteiger partial charge in [-0.15, -0.1) is 0 Å². The predicted molar refractivity (Wildman–Crippen MR) is 99.4 cm³/mol. The molecular weight excluding hydrogens is 314 g/mol. The minimum Gasteiger partial charge on any atom is -0.497 e. The summed E-state index contributed by atoms with van der Waals surface area (Å²) in [6.45, 7) is 7.00. The zero-order valence-electron chi connectivity index (χ0n) is 15.6. The molecule has 25 heavy (non-hydrogen) atoms. The van der Waals surface area contributed by atoms with E-state index in [-0.39, 0.29) is 11.9 Å². The van der Waals surface area contributed by atoms with Crippen molar-refractivity contribution in [3.8, 4) is 5.75 Å². The van der Waals surface area contributed by atoms with Crippen LogP contribution in [0, 0.1) is 0 Å². The van der Waals surface area contributed by atoms with Gasteiger partial charge in [-0.25, -0.2) is 0 Å². The summed E-state index contributed by atoms with van der Waals surface area (Å²) in [6.07, 6.45) is 6.71. The van der Waals surface area contributed by atoms with Gasteiger partial charge in [0.1, 0.15) is 5.75 Å². The molecule has 5 heteroatoms. The molecule has 5 nitrogen and oxygen atoms in total. The van der Waals surface area contributed by atoms with E-state index in [0.29, 0.717) is 0 Å². The first-order valence-electron chi connectivity index (χ1n) is 9.81. The maximum absolute atomic E-state index is 12.6. The minimum absolute atomic E-state index is 0.000549. The smallest absolute Gasteiger partial charge is 0.282 e. The molecule has 0 spiro atoms. The van der Waals surface area contributed by atoms with Crippen LogP contribution in [0.15, 0.2) is 24.3 Å². The van der Waals surface area contributed by atoms with E-state index in [9.17, 15) is 4.79 Å². The van der Waals surface area contributed by atoms with Gasteiger partial charge in [0.2, 0.25) is 0 Å². The normalized spacial score (nSPS) is 26.0. The summed E-state index contributed by atoms with van der Waals surface area (Å²) in [6, 6.07) is 8.36. The van der Waals surface area contributed by atoms with Crippen molar-refractivity contribution in [1.82, 2.24) is 0 Å². The third kappa shape index (κ3) is 4.73. The highest BCUT2D eigenvalue weighted by atomic mass is 16.5. The molecule has 0 radical (unpaired) electrons. The monoisotopic (exact) mass is 347 g/mol. The number of carbonyl (C=O) groups is 1. The molecule has 1 aromatic carbocycles. The average Bonchev–Trinajstić information content (AvgIpc) is 2.69. The first kappa shape index (κ1) is 18.2. The molecule has 3 rings (SSSR count). The third-order valence-electron chi connectivity index (χ3n) is 6.06. The van der Waals surface area contributed by atoms with Crippen molar-refractivity contribution in [3.05, 3.63) is 24.3 Å². The standard InChI is InChI=1S/C20H31N3O2/c1-16(20(24)21-17-6-8-19(25-2)9-7-17)22-14-10-18(11-15-22)23-12-4-3-5-13-23/h6-9,16,18H,3-5,10-15H2,1-2H3,(H,21,24)/p+2/t16-/m0/s1. The Hall–Kier alpha value is -1.59. The van der Waals surface area contributed by atoms with Gasteiger partial charge in [0.25, 0.3) is 5.91 Å². The van der Waals surface area contributed by atoms with Crippen LogP contribution in [0.2, 0.25) is 0 Å². The van der Waals surface area contributed by atoms with Crippen LogP contribution in [-0.2, 0) is 4.79 Å². The maximum atomic E-state index is 12.6. The molecule has 0 saturated carbocycles. The van der Waals surface area contributed by atoms with Crippen molar-refractivity contribution in [3.63, 3.8) is 0 Å². The number of likely N-dealkylation sites (tertiary alicyclic amines) is 2. The van der Waals surface area contributed by atoms with Crippen molar-refractivity contribution in [2.45, 2.75) is 51.1 Å².